The number of piperazine rings is 1. The molecular weight excluding hydrogens is 393 g/mol. The first-order valence-electron chi connectivity index (χ1n) is 9.10. The van der Waals surface area contributed by atoms with Gasteiger partial charge in [0, 0.05) is 42.8 Å². The monoisotopic (exact) mass is 419 g/mol. The lowest BCUT2D eigenvalue weighted by atomic mass is 9.91. The van der Waals surface area contributed by atoms with Gasteiger partial charge in [-0.2, -0.15) is 0 Å². The van der Waals surface area contributed by atoms with Gasteiger partial charge in [-0.1, -0.05) is 17.7 Å². The van der Waals surface area contributed by atoms with Crippen LogP contribution in [-0.2, 0) is 4.79 Å². The van der Waals surface area contributed by atoms with Crippen LogP contribution in [0, 0.1) is 18.3 Å². The molecule has 4 nitrogen and oxygen atoms in total. The van der Waals surface area contributed by atoms with E-state index in [1.807, 2.05) is 12.1 Å². The SMILES string of the molecule is Cc1ccc(Cl)cc1N1CCN(C(=O)C2CC23CCNCC3)CC1.Cl.Cl. The topological polar surface area (TPSA) is 35.6 Å². The molecule has 26 heavy (non-hydrogen) atoms. The number of aryl methyl sites for hydroxylation is 1. The molecule has 2 heterocycles. The molecule has 1 aliphatic carbocycles. The van der Waals surface area contributed by atoms with E-state index in [4.69, 9.17) is 11.6 Å². The first-order chi connectivity index (χ1) is 11.6. The van der Waals surface area contributed by atoms with Gasteiger partial charge in [-0.05, 0) is 62.4 Å². The smallest absolute Gasteiger partial charge is 0.226 e. The van der Waals surface area contributed by atoms with Crippen molar-refractivity contribution in [3.63, 3.8) is 0 Å². The molecule has 1 N–H and O–H groups in total. The highest BCUT2D eigenvalue weighted by Crippen LogP contribution is 2.59. The van der Waals surface area contributed by atoms with Crippen molar-refractivity contribution in [3.8, 4) is 0 Å². The Labute approximate surface area is 173 Å². The lowest BCUT2D eigenvalue weighted by Gasteiger charge is -2.37. The first-order valence-corrected chi connectivity index (χ1v) is 9.47. The predicted molar refractivity (Wildman–Crippen MR) is 112 cm³/mol. The molecule has 1 spiro atoms. The number of hydrogen-bond acceptors (Lipinski definition) is 3. The largest absolute Gasteiger partial charge is 0.368 e. The quantitative estimate of drug-likeness (QED) is 0.795. The third kappa shape index (κ3) is 4.09. The number of benzene rings is 1. The highest BCUT2D eigenvalue weighted by Gasteiger charge is 2.58. The maximum Gasteiger partial charge on any atom is 0.226 e. The molecule has 1 unspecified atom stereocenters. The van der Waals surface area contributed by atoms with Crippen LogP contribution in [0.3, 0.4) is 0 Å². The van der Waals surface area contributed by atoms with Crippen LogP contribution in [0.5, 0.6) is 0 Å². The molecule has 146 valence electrons. The van der Waals surface area contributed by atoms with Gasteiger partial charge in [0.2, 0.25) is 5.91 Å². The fourth-order valence-corrected chi connectivity index (χ4v) is 4.65. The summed E-state index contributed by atoms with van der Waals surface area (Å²) in [6, 6.07) is 6.05. The summed E-state index contributed by atoms with van der Waals surface area (Å²) in [5, 5.41) is 4.19. The second-order valence-electron chi connectivity index (χ2n) is 7.61. The number of nitrogens with zero attached hydrogens (tertiary/aromatic N) is 2. The Morgan fingerprint density at radius 3 is 2.46 bits per heavy atom. The van der Waals surface area contributed by atoms with E-state index in [2.05, 4.69) is 28.1 Å². The van der Waals surface area contributed by atoms with Crippen molar-refractivity contribution in [1.82, 2.24) is 10.2 Å². The number of nitrogens with one attached hydrogen (secondary N) is 1. The lowest BCUT2D eigenvalue weighted by Crippen LogP contribution is -2.50. The molecule has 2 aliphatic heterocycles. The second kappa shape index (κ2) is 8.55. The molecule has 1 aromatic rings. The molecule has 0 radical (unpaired) electrons. The van der Waals surface area contributed by atoms with Crippen molar-refractivity contribution >= 4 is 48.0 Å². The molecule has 0 aromatic heterocycles. The summed E-state index contributed by atoms with van der Waals surface area (Å²) in [6.45, 7) is 7.72. The fourth-order valence-electron chi connectivity index (χ4n) is 4.49. The van der Waals surface area contributed by atoms with Crippen LogP contribution in [0.15, 0.2) is 18.2 Å². The summed E-state index contributed by atoms with van der Waals surface area (Å²) < 4.78 is 0. The Balaban J connectivity index is 0.00000121. The number of carbonyl (C=O) groups excluding carboxylic acids is 1. The van der Waals surface area contributed by atoms with E-state index in [1.165, 1.54) is 24.1 Å². The standard InChI is InChI=1S/C19H26ClN3O.2ClH/c1-14-2-3-15(20)12-17(14)22-8-10-23(11-9-22)18(24)16-13-19(16)4-6-21-7-5-19;;/h2-3,12,16,21H,4-11,13H2,1H3;2*1H. The Hall–Kier alpha value is -0.680. The zero-order valence-electron chi connectivity index (χ0n) is 15.2. The number of anilines is 1. The Morgan fingerprint density at radius 2 is 1.81 bits per heavy atom. The normalized spacial score (nSPS) is 23.8. The highest BCUT2D eigenvalue weighted by atomic mass is 35.5. The van der Waals surface area contributed by atoms with Crippen LogP contribution in [0.1, 0.15) is 24.8 Å². The number of amides is 1. The molecule has 0 bridgehead atoms. The van der Waals surface area contributed by atoms with E-state index in [1.54, 1.807) is 0 Å². The minimum atomic E-state index is 0. The van der Waals surface area contributed by atoms with Crippen molar-refractivity contribution in [3.05, 3.63) is 28.8 Å². The van der Waals surface area contributed by atoms with Gasteiger partial charge in [0.05, 0.1) is 0 Å². The molecule has 4 rings (SSSR count). The number of rotatable bonds is 2. The third-order valence-electron chi connectivity index (χ3n) is 6.19. The summed E-state index contributed by atoms with van der Waals surface area (Å²) in [4.78, 5) is 17.3. The molecular formula is C19H28Cl3N3O. The first kappa shape index (κ1) is 21.6. The van der Waals surface area contributed by atoms with E-state index in [9.17, 15) is 4.79 Å². The Morgan fingerprint density at radius 1 is 1.15 bits per heavy atom. The molecule has 2 saturated heterocycles. The molecule has 1 amide bonds. The number of piperidine rings is 1. The van der Waals surface area contributed by atoms with Crippen LogP contribution in [0.4, 0.5) is 5.69 Å². The van der Waals surface area contributed by atoms with Crippen molar-refractivity contribution in [2.75, 3.05) is 44.2 Å². The zero-order chi connectivity index (χ0) is 16.7. The average molecular weight is 421 g/mol. The van der Waals surface area contributed by atoms with E-state index in [0.717, 1.165) is 50.7 Å². The predicted octanol–water partition coefficient (Wildman–Crippen LogP) is 3.53. The summed E-state index contributed by atoms with van der Waals surface area (Å²) in [6.07, 6.45) is 3.46. The van der Waals surface area contributed by atoms with Crippen molar-refractivity contribution in [2.24, 2.45) is 11.3 Å². The molecule has 1 saturated carbocycles. The molecule has 3 aliphatic rings. The van der Waals surface area contributed by atoms with Crippen LogP contribution in [0.2, 0.25) is 5.02 Å². The van der Waals surface area contributed by atoms with Gasteiger partial charge >= 0.3 is 0 Å². The lowest BCUT2D eigenvalue weighted by molar-refractivity contribution is -0.133. The second-order valence-corrected chi connectivity index (χ2v) is 8.05. The summed E-state index contributed by atoms with van der Waals surface area (Å²) in [5.74, 6) is 0.693. The minimum Gasteiger partial charge on any atom is -0.368 e. The van der Waals surface area contributed by atoms with E-state index in [0.29, 0.717) is 17.2 Å². The Kier molecular flexibility index (Phi) is 7.11. The average Bonchev–Trinajstić information content (AvgIpc) is 3.30. The maximum absolute atomic E-state index is 12.9. The molecule has 1 aromatic carbocycles. The molecule has 3 fully saturated rings. The molecule has 7 heteroatoms. The van der Waals surface area contributed by atoms with Gasteiger partial charge in [0.1, 0.15) is 0 Å². The maximum atomic E-state index is 12.9. The molecule has 1 atom stereocenters. The number of halogens is 3. The van der Waals surface area contributed by atoms with Gasteiger partial charge in [-0.25, -0.2) is 0 Å². The van der Waals surface area contributed by atoms with Crippen LogP contribution in [-0.4, -0.2) is 50.1 Å². The minimum absolute atomic E-state index is 0. The van der Waals surface area contributed by atoms with Crippen molar-refractivity contribution < 1.29 is 4.79 Å². The van der Waals surface area contributed by atoms with Crippen molar-refractivity contribution in [1.29, 1.82) is 0 Å². The zero-order valence-corrected chi connectivity index (χ0v) is 17.6. The summed E-state index contributed by atoms with van der Waals surface area (Å²) in [7, 11) is 0. The third-order valence-corrected chi connectivity index (χ3v) is 6.43. The fraction of sp³-hybridized carbons (Fsp3) is 0.632. The van der Waals surface area contributed by atoms with Gasteiger partial charge in [-0.3, -0.25) is 4.79 Å². The van der Waals surface area contributed by atoms with Crippen LogP contribution in [0.25, 0.3) is 0 Å². The number of hydrogen-bond donors (Lipinski definition) is 1. The van der Waals surface area contributed by atoms with E-state index >= 15 is 0 Å². The Bertz CT molecular complexity index is 641. The van der Waals surface area contributed by atoms with Gasteiger partial charge in [0.15, 0.2) is 0 Å². The van der Waals surface area contributed by atoms with E-state index < -0.39 is 0 Å². The van der Waals surface area contributed by atoms with E-state index in [-0.39, 0.29) is 24.8 Å². The highest BCUT2D eigenvalue weighted by molar-refractivity contribution is 6.30. The summed E-state index contributed by atoms with van der Waals surface area (Å²) in [5.41, 5.74) is 2.79. The van der Waals surface area contributed by atoms with Crippen LogP contribution >= 0.6 is 36.4 Å². The number of carbonyl (C=O) groups is 1. The van der Waals surface area contributed by atoms with Gasteiger partial charge in [-0.15, -0.1) is 24.8 Å². The van der Waals surface area contributed by atoms with Gasteiger partial charge < -0.3 is 15.1 Å². The van der Waals surface area contributed by atoms with Crippen LogP contribution < -0.4 is 10.2 Å². The summed E-state index contributed by atoms with van der Waals surface area (Å²) >= 11 is 6.15. The van der Waals surface area contributed by atoms with Crippen molar-refractivity contribution in [2.45, 2.75) is 26.2 Å². The van der Waals surface area contributed by atoms with Gasteiger partial charge in [0.25, 0.3) is 0 Å².